The van der Waals surface area contributed by atoms with Gasteiger partial charge < -0.3 is 15.1 Å². The number of amides is 3. The van der Waals surface area contributed by atoms with Crippen molar-refractivity contribution < 1.29 is 23.2 Å². The number of anilines is 2. The molecular weight excluding hydrogens is 799 g/mol. The summed E-state index contributed by atoms with van der Waals surface area (Å²) in [4.78, 5) is 63.2. The van der Waals surface area contributed by atoms with Crippen LogP contribution in [0.4, 0.5) is 20.3 Å². The lowest BCUT2D eigenvalue weighted by atomic mass is 9.85. The number of nitrogens with one attached hydrogen (secondary N) is 2. The van der Waals surface area contributed by atoms with Crippen LogP contribution < -0.4 is 21.2 Å². The van der Waals surface area contributed by atoms with Gasteiger partial charge >= 0.3 is 5.69 Å². The van der Waals surface area contributed by atoms with Crippen LogP contribution in [0.25, 0.3) is 16.7 Å². The number of aromatic nitrogens is 7. The van der Waals surface area contributed by atoms with Crippen molar-refractivity contribution in [1.82, 2.24) is 48.6 Å². The number of halogens is 2. The number of benzene rings is 1. The molecule has 4 aromatic heterocycles. The van der Waals surface area contributed by atoms with Crippen LogP contribution in [0.2, 0.25) is 0 Å². The van der Waals surface area contributed by atoms with Crippen LogP contribution in [0.15, 0.2) is 47.7 Å². The predicted molar refractivity (Wildman–Crippen MR) is 226 cm³/mol. The minimum absolute atomic E-state index is 0.00760. The molecule has 3 aliphatic heterocycles. The largest absolute Gasteiger partial charge is 0.351 e. The van der Waals surface area contributed by atoms with E-state index >= 15 is 0 Å². The summed E-state index contributed by atoms with van der Waals surface area (Å²) in [6.45, 7) is 6.08. The van der Waals surface area contributed by atoms with E-state index in [2.05, 4.69) is 47.4 Å². The molecular formula is C44H50F2N12O4. The van der Waals surface area contributed by atoms with E-state index < -0.39 is 30.0 Å². The molecule has 2 aliphatic carbocycles. The van der Waals surface area contributed by atoms with E-state index in [9.17, 15) is 28.0 Å². The molecule has 16 nitrogen and oxygen atoms in total. The molecule has 62 heavy (non-hydrogen) atoms. The Kier molecular flexibility index (Phi) is 10.4. The van der Waals surface area contributed by atoms with E-state index in [1.54, 1.807) is 28.6 Å². The number of piperidine rings is 1. The highest BCUT2D eigenvalue weighted by atomic mass is 19.3. The molecule has 18 heteroatoms. The van der Waals surface area contributed by atoms with Crippen molar-refractivity contribution in [3.05, 3.63) is 70.2 Å². The number of para-hydroxylation sites is 1. The van der Waals surface area contributed by atoms with Crippen LogP contribution in [0, 0.1) is 17.8 Å². The van der Waals surface area contributed by atoms with E-state index in [0.717, 1.165) is 96.5 Å². The van der Waals surface area contributed by atoms with Gasteiger partial charge in [0.1, 0.15) is 17.4 Å². The summed E-state index contributed by atoms with van der Waals surface area (Å²) in [5, 5.41) is 13.7. The number of carbonyl (C=O) groups is 3. The summed E-state index contributed by atoms with van der Waals surface area (Å²) >= 11 is 0. The Morgan fingerprint density at radius 3 is 2.55 bits per heavy atom. The molecule has 1 unspecified atom stereocenters. The van der Waals surface area contributed by atoms with E-state index in [1.807, 2.05) is 24.3 Å². The number of aryl methyl sites for hydroxylation is 1. The maximum atomic E-state index is 14.3. The third-order valence-electron chi connectivity index (χ3n) is 13.8. The van der Waals surface area contributed by atoms with Gasteiger partial charge in [0, 0.05) is 70.7 Å². The number of piperazine rings is 1. The third-order valence-corrected chi connectivity index (χ3v) is 13.8. The summed E-state index contributed by atoms with van der Waals surface area (Å²) in [6, 6.07) is 6.66. The molecule has 3 amide bonds. The third kappa shape index (κ3) is 7.44. The number of hydrogen-bond acceptors (Lipinski definition) is 10. The normalized spacial score (nSPS) is 23.0. The fraction of sp³-hybridized carbons (Fsp3) is 0.523. The van der Waals surface area contributed by atoms with Crippen molar-refractivity contribution in [2.24, 2.45) is 13.0 Å². The molecule has 1 aromatic carbocycles. The Balaban J connectivity index is 0.720. The number of imidazole rings is 1. The lowest BCUT2D eigenvalue weighted by molar-refractivity contribution is -0.135. The van der Waals surface area contributed by atoms with Gasteiger partial charge in [-0.2, -0.15) is 10.2 Å². The van der Waals surface area contributed by atoms with Crippen LogP contribution in [0.5, 0.6) is 0 Å². The van der Waals surface area contributed by atoms with E-state index in [4.69, 9.17) is 4.98 Å². The number of carbonyl (C=O) groups excluding carboxylic acids is 3. The Morgan fingerprint density at radius 2 is 1.79 bits per heavy atom. The average Bonchev–Trinajstić information content (AvgIpc) is 3.53. The van der Waals surface area contributed by atoms with Crippen LogP contribution in [-0.4, -0.2) is 112 Å². The monoisotopic (exact) mass is 848 g/mol. The summed E-state index contributed by atoms with van der Waals surface area (Å²) in [7, 11) is 1.68. The lowest BCUT2D eigenvalue weighted by Gasteiger charge is -2.37. The van der Waals surface area contributed by atoms with Gasteiger partial charge in [0.05, 0.1) is 41.1 Å². The Bertz CT molecular complexity index is 2690. The quantitative estimate of drug-likeness (QED) is 0.162. The first-order valence-corrected chi connectivity index (χ1v) is 21.8. The van der Waals surface area contributed by atoms with Gasteiger partial charge in [0.2, 0.25) is 11.8 Å². The predicted octanol–water partition coefficient (Wildman–Crippen LogP) is 4.28. The fourth-order valence-corrected chi connectivity index (χ4v) is 10.3. The standard InChI is InChI=1S/C44H50F2N12O4/c1-52-38-29(5-2-7-33(38)58(43(52)62)34-12-13-36(59)50-42(34)61)6-3-18-53-21-23-54(24-22-53)26-28-8-10-30(11-9-28)57-27-32(37(51-57)39(45)46)48-41(60)31-25-47-56-20-14-35(49-40(31)56)55-19-4-15-44(55)16-17-44/h2,5,7,14,20,25,27-28,30,34,39H,4,8-13,15-19,21-24,26H2,1H3,(H,48,60)(H,50,59,61)/t28-,30-,34?. The number of alkyl halides is 2. The zero-order valence-corrected chi connectivity index (χ0v) is 34.7. The highest BCUT2D eigenvalue weighted by Crippen LogP contribution is 2.51. The SMILES string of the molecule is Cn1c(=O)n(C2CCC(=O)NC2=O)c2cccc(C#CCN3CCN(C[C@H]4CC[C@H](n5cc(NC(=O)c6cnn7ccc(N8CCCC89CC9)nc67)c(C(F)F)n5)CC4)CC3)c21. The summed E-state index contributed by atoms with van der Waals surface area (Å²) in [5.74, 6) is 6.54. The van der Waals surface area contributed by atoms with Crippen molar-refractivity contribution >= 4 is 45.9 Å². The molecule has 2 saturated carbocycles. The van der Waals surface area contributed by atoms with E-state index in [1.165, 1.54) is 15.3 Å². The summed E-state index contributed by atoms with van der Waals surface area (Å²) < 4.78 is 34.8. The highest BCUT2D eigenvalue weighted by Gasteiger charge is 2.51. The zero-order chi connectivity index (χ0) is 42.7. The van der Waals surface area contributed by atoms with Gasteiger partial charge in [-0.1, -0.05) is 17.9 Å². The van der Waals surface area contributed by atoms with Gasteiger partial charge in [0.15, 0.2) is 11.3 Å². The Morgan fingerprint density at radius 1 is 1.00 bits per heavy atom. The number of nitrogens with zero attached hydrogens (tertiary/aromatic N) is 10. The minimum atomic E-state index is -2.85. The van der Waals surface area contributed by atoms with Crippen molar-refractivity contribution in [3.8, 4) is 11.8 Å². The topological polar surface area (TPSA) is 160 Å². The van der Waals surface area contributed by atoms with Crippen LogP contribution >= 0.6 is 0 Å². The maximum Gasteiger partial charge on any atom is 0.329 e. The van der Waals surface area contributed by atoms with Crippen molar-refractivity contribution in [3.63, 3.8) is 0 Å². The first-order chi connectivity index (χ1) is 30.0. The van der Waals surface area contributed by atoms with Gasteiger partial charge in [-0.3, -0.25) is 38.4 Å². The zero-order valence-electron chi connectivity index (χ0n) is 34.7. The molecule has 0 radical (unpaired) electrons. The number of hydrogen-bond donors (Lipinski definition) is 2. The van der Waals surface area contributed by atoms with Crippen LogP contribution in [0.1, 0.15) is 104 Å². The molecule has 1 atom stereocenters. The van der Waals surface area contributed by atoms with Crippen molar-refractivity contribution in [2.45, 2.75) is 88.3 Å². The molecule has 5 fully saturated rings. The average molecular weight is 849 g/mol. The molecule has 2 N–H and O–H groups in total. The molecule has 7 heterocycles. The summed E-state index contributed by atoms with van der Waals surface area (Å²) in [6.07, 6.45) is 10.5. The van der Waals surface area contributed by atoms with E-state index in [0.29, 0.717) is 34.7 Å². The Hall–Kier alpha value is -5.93. The molecule has 324 valence electrons. The van der Waals surface area contributed by atoms with Crippen LogP contribution in [0.3, 0.4) is 0 Å². The number of fused-ring (bicyclic) bond motifs is 2. The smallest absolute Gasteiger partial charge is 0.329 e. The molecule has 10 rings (SSSR count). The second-order valence-electron chi connectivity index (χ2n) is 17.7. The van der Waals surface area contributed by atoms with Gasteiger partial charge in [-0.15, -0.1) is 0 Å². The fourth-order valence-electron chi connectivity index (χ4n) is 10.3. The molecule has 5 aliphatic rings. The number of imide groups is 1. The molecule has 3 saturated heterocycles. The second kappa shape index (κ2) is 16.1. The van der Waals surface area contributed by atoms with Gasteiger partial charge in [-0.25, -0.2) is 23.1 Å². The van der Waals surface area contributed by atoms with E-state index in [-0.39, 0.29) is 47.3 Å². The van der Waals surface area contributed by atoms with Gasteiger partial charge in [-0.05, 0) is 81.9 Å². The molecule has 5 aromatic rings. The molecule has 0 bridgehead atoms. The van der Waals surface area contributed by atoms with Crippen LogP contribution in [-0.2, 0) is 16.6 Å². The number of rotatable bonds is 9. The first kappa shape index (κ1) is 40.2. The maximum absolute atomic E-state index is 14.3. The van der Waals surface area contributed by atoms with Crippen molar-refractivity contribution in [2.75, 3.05) is 56.0 Å². The molecule has 1 spiro atoms. The highest BCUT2D eigenvalue weighted by molar-refractivity contribution is 6.08. The second-order valence-corrected chi connectivity index (χ2v) is 17.7. The first-order valence-electron chi connectivity index (χ1n) is 21.8. The summed E-state index contributed by atoms with van der Waals surface area (Å²) in [5.41, 5.74) is 2.05. The van der Waals surface area contributed by atoms with Gasteiger partial charge in [0.25, 0.3) is 12.3 Å². The Labute approximate surface area is 356 Å². The minimum Gasteiger partial charge on any atom is -0.351 e. The van der Waals surface area contributed by atoms with Crippen molar-refractivity contribution in [1.29, 1.82) is 0 Å². The lowest BCUT2D eigenvalue weighted by Crippen LogP contribution is -2.48.